The number of nitrogens with zero attached hydrogens (tertiary/aromatic N) is 3. The number of amides is 1. The summed E-state index contributed by atoms with van der Waals surface area (Å²) in [5.74, 6) is -0.00278. The minimum atomic E-state index is -0.00278. The fourth-order valence-corrected chi connectivity index (χ4v) is 2.84. The summed E-state index contributed by atoms with van der Waals surface area (Å²) in [5.41, 5.74) is 0.536. The van der Waals surface area contributed by atoms with Crippen molar-refractivity contribution in [1.82, 2.24) is 14.7 Å². The average molecular weight is 349 g/mol. The van der Waals surface area contributed by atoms with Gasteiger partial charge in [0.15, 0.2) is 5.69 Å². The summed E-state index contributed by atoms with van der Waals surface area (Å²) in [7, 11) is 1.82. The first-order valence-electron chi connectivity index (χ1n) is 5.61. The number of hydrogen-bond acceptors (Lipinski definition) is 3. The molecule has 17 heavy (non-hydrogen) atoms. The first-order valence-corrected chi connectivity index (χ1v) is 6.69. The smallest absolute Gasteiger partial charge is 0.275 e. The Morgan fingerprint density at radius 1 is 1.47 bits per heavy atom. The van der Waals surface area contributed by atoms with Crippen molar-refractivity contribution in [3.05, 3.63) is 15.5 Å². The number of hydrogen-bond donors (Lipinski definition) is 0. The molecule has 1 fully saturated rings. The monoisotopic (exact) mass is 349 g/mol. The molecule has 0 unspecified atom stereocenters. The molecule has 1 aromatic rings. The van der Waals surface area contributed by atoms with Gasteiger partial charge in [0, 0.05) is 26.3 Å². The molecule has 0 aliphatic carbocycles. The van der Waals surface area contributed by atoms with E-state index in [0.29, 0.717) is 18.8 Å². The van der Waals surface area contributed by atoms with Gasteiger partial charge in [-0.05, 0) is 36.4 Å². The molecule has 2 atom stereocenters. The average Bonchev–Trinajstić information content (AvgIpc) is 2.55. The van der Waals surface area contributed by atoms with Crippen molar-refractivity contribution < 1.29 is 9.53 Å². The maximum atomic E-state index is 12.3. The molecule has 5 nitrogen and oxygen atoms in total. The lowest BCUT2D eigenvalue weighted by Gasteiger charge is -2.34. The lowest BCUT2D eigenvalue weighted by molar-refractivity contribution is -0.0587. The summed E-state index contributed by atoms with van der Waals surface area (Å²) in [4.78, 5) is 14.1. The van der Waals surface area contributed by atoms with Crippen LogP contribution in [0.4, 0.5) is 0 Å². The topological polar surface area (TPSA) is 47.4 Å². The number of rotatable bonds is 1. The molecule has 1 aliphatic heterocycles. The van der Waals surface area contributed by atoms with Gasteiger partial charge in [-0.25, -0.2) is 0 Å². The fraction of sp³-hybridized carbons (Fsp3) is 0.636. The van der Waals surface area contributed by atoms with Crippen LogP contribution in [0.25, 0.3) is 0 Å². The lowest BCUT2D eigenvalue weighted by Crippen LogP contribution is -2.48. The van der Waals surface area contributed by atoms with E-state index < -0.39 is 0 Å². The van der Waals surface area contributed by atoms with E-state index in [1.165, 1.54) is 0 Å². The third-order valence-electron chi connectivity index (χ3n) is 2.69. The zero-order valence-corrected chi connectivity index (χ0v) is 12.3. The summed E-state index contributed by atoms with van der Waals surface area (Å²) in [5, 5.41) is 4.21. The SMILES string of the molecule is C[C@@H]1CN(C(=O)c2nn(C)cc2I)C[C@H](C)O1. The summed E-state index contributed by atoms with van der Waals surface area (Å²) in [6.45, 7) is 5.24. The van der Waals surface area contributed by atoms with Gasteiger partial charge in [0.1, 0.15) is 0 Å². The lowest BCUT2D eigenvalue weighted by atomic mass is 10.2. The van der Waals surface area contributed by atoms with Crippen LogP contribution in [0.15, 0.2) is 6.20 Å². The van der Waals surface area contributed by atoms with Crippen LogP contribution >= 0.6 is 22.6 Å². The largest absolute Gasteiger partial charge is 0.372 e. The molecule has 1 aromatic heterocycles. The van der Waals surface area contributed by atoms with Crippen LogP contribution < -0.4 is 0 Å². The molecule has 0 N–H and O–H groups in total. The molecule has 6 heteroatoms. The molecule has 2 heterocycles. The number of halogens is 1. The Hall–Kier alpha value is -0.630. The van der Waals surface area contributed by atoms with Crippen LogP contribution in [0.5, 0.6) is 0 Å². The molecule has 0 saturated carbocycles. The van der Waals surface area contributed by atoms with E-state index in [9.17, 15) is 4.79 Å². The van der Waals surface area contributed by atoms with Crippen molar-refractivity contribution in [3.8, 4) is 0 Å². The van der Waals surface area contributed by atoms with Gasteiger partial charge in [-0.1, -0.05) is 0 Å². The van der Waals surface area contributed by atoms with Gasteiger partial charge < -0.3 is 9.64 Å². The molecule has 94 valence electrons. The number of aromatic nitrogens is 2. The first kappa shape index (κ1) is 12.8. The van der Waals surface area contributed by atoms with Crippen molar-refractivity contribution in [2.45, 2.75) is 26.1 Å². The molecule has 2 rings (SSSR count). The maximum Gasteiger partial charge on any atom is 0.275 e. The highest BCUT2D eigenvalue weighted by Crippen LogP contribution is 2.16. The molecule has 0 radical (unpaired) electrons. The van der Waals surface area contributed by atoms with Gasteiger partial charge in [0.2, 0.25) is 0 Å². The first-order chi connectivity index (χ1) is 7.97. The van der Waals surface area contributed by atoms with Crippen LogP contribution in [0.3, 0.4) is 0 Å². The van der Waals surface area contributed by atoms with E-state index in [1.807, 2.05) is 32.0 Å². The zero-order valence-electron chi connectivity index (χ0n) is 10.2. The fourth-order valence-electron chi connectivity index (χ4n) is 2.10. The quantitative estimate of drug-likeness (QED) is 0.718. The van der Waals surface area contributed by atoms with E-state index in [-0.39, 0.29) is 18.1 Å². The van der Waals surface area contributed by atoms with E-state index in [0.717, 1.165) is 3.57 Å². The molecule has 1 amide bonds. The van der Waals surface area contributed by atoms with Crippen molar-refractivity contribution in [1.29, 1.82) is 0 Å². The molecule has 0 bridgehead atoms. The third kappa shape index (κ3) is 2.79. The maximum absolute atomic E-state index is 12.3. The minimum absolute atomic E-state index is 0.00278. The van der Waals surface area contributed by atoms with Crippen molar-refractivity contribution in [2.24, 2.45) is 7.05 Å². The highest BCUT2D eigenvalue weighted by Gasteiger charge is 2.28. The number of aryl methyl sites for hydroxylation is 1. The van der Waals surface area contributed by atoms with Crippen molar-refractivity contribution in [2.75, 3.05) is 13.1 Å². The van der Waals surface area contributed by atoms with Gasteiger partial charge in [0.25, 0.3) is 5.91 Å². The molecule has 1 saturated heterocycles. The van der Waals surface area contributed by atoms with Gasteiger partial charge in [-0.15, -0.1) is 0 Å². The standard InChI is InChI=1S/C11H16IN3O2/c1-7-4-15(5-8(2)17-7)11(16)10-9(12)6-14(3)13-10/h6-8H,4-5H2,1-3H3/t7-,8+. The number of ether oxygens (including phenoxy) is 1. The summed E-state index contributed by atoms with van der Waals surface area (Å²) >= 11 is 2.14. The predicted octanol–water partition coefficient (Wildman–Crippen LogP) is 1.27. The van der Waals surface area contributed by atoms with Crippen molar-refractivity contribution >= 4 is 28.5 Å². The second-order valence-electron chi connectivity index (χ2n) is 4.47. The minimum Gasteiger partial charge on any atom is -0.372 e. The highest BCUT2D eigenvalue weighted by atomic mass is 127. The predicted molar refractivity (Wildman–Crippen MR) is 71.8 cm³/mol. The van der Waals surface area contributed by atoms with Crippen LogP contribution in [-0.4, -0.2) is 45.9 Å². The van der Waals surface area contributed by atoms with Gasteiger partial charge >= 0.3 is 0 Å². The highest BCUT2D eigenvalue weighted by molar-refractivity contribution is 14.1. The van der Waals surface area contributed by atoms with Crippen LogP contribution in [0.1, 0.15) is 24.3 Å². The second-order valence-corrected chi connectivity index (χ2v) is 5.63. The van der Waals surface area contributed by atoms with Crippen LogP contribution in [0, 0.1) is 3.57 Å². The third-order valence-corrected chi connectivity index (χ3v) is 3.48. The van der Waals surface area contributed by atoms with Gasteiger partial charge in [-0.3, -0.25) is 9.48 Å². The molecular formula is C11H16IN3O2. The Morgan fingerprint density at radius 3 is 2.53 bits per heavy atom. The second kappa shape index (κ2) is 4.93. The Bertz CT molecular complexity index is 422. The van der Waals surface area contributed by atoms with E-state index in [1.54, 1.807) is 4.68 Å². The number of carbonyl (C=O) groups excluding carboxylic acids is 1. The van der Waals surface area contributed by atoms with Gasteiger partial charge in [0.05, 0.1) is 15.8 Å². The zero-order chi connectivity index (χ0) is 12.6. The normalized spacial score (nSPS) is 25.1. The number of morpholine rings is 1. The Morgan fingerprint density at radius 2 is 2.06 bits per heavy atom. The number of carbonyl (C=O) groups is 1. The molecule has 0 spiro atoms. The summed E-state index contributed by atoms with van der Waals surface area (Å²) in [6.07, 6.45) is 2.02. The summed E-state index contributed by atoms with van der Waals surface area (Å²) < 4.78 is 8.18. The Labute approximate surface area is 114 Å². The van der Waals surface area contributed by atoms with Gasteiger partial charge in [-0.2, -0.15) is 5.10 Å². The summed E-state index contributed by atoms with van der Waals surface area (Å²) in [6, 6.07) is 0. The van der Waals surface area contributed by atoms with Crippen molar-refractivity contribution in [3.63, 3.8) is 0 Å². The van der Waals surface area contributed by atoms with Crippen LogP contribution in [0.2, 0.25) is 0 Å². The van der Waals surface area contributed by atoms with E-state index in [4.69, 9.17) is 4.74 Å². The van der Waals surface area contributed by atoms with Crippen LogP contribution in [-0.2, 0) is 11.8 Å². The molecule has 1 aliphatic rings. The Kier molecular flexibility index (Phi) is 3.72. The molecule has 0 aromatic carbocycles. The van der Waals surface area contributed by atoms with E-state index >= 15 is 0 Å². The van der Waals surface area contributed by atoms with E-state index in [2.05, 4.69) is 27.7 Å². The Balaban J connectivity index is 2.17. The molecular weight excluding hydrogens is 333 g/mol.